The number of anilines is 1. The monoisotopic (exact) mass is 628 g/mol. The minimum atomic E-state index is -0.114. The van der Waals surface area contributed by atoms with E-state index in [4.69, 9.17) is 4.74 Å². The van der Waals surface area contributed by atoms with Crippen LogP contribution >= 0.6 is 0 Å². The highest BCUT2D eigenvalue weighted by atomic mass is 16.5. The van der Waals surface area contributed by atoms with Crippen LogP contribution in [-0.2, 0) is 6.42 Å². The first kappa shape index (κ1) is 32.0. The number of likely N-dealkylation sites (N-methyl/N-ethyl adjacent to an activating group) is 1. The van der Waals surface area contributed by atoms with Gasteiger partial charge >= 0.3 is 0 Å². The topological polar surface area (TPSA) is 68.3 Å². The van der Waals surface area contributed by atoms with Crippen LogP contribution < -0.4 is 15.0 Å². The highest BCUT2D eigenvalue weighted by Gasteiger charge is 2.54. The Morgan fingerprint density at radius 3 is 2.52 bits per heavy atom. The average molecular weight is 629 g/mol. The number of aliphatic hydroxyl groups is 1. The molecule has 4 unspecified atom stereocenters. The van der Waals surface area contributed by atoms with Crippen LogP contribution in [0.1, 0.15) is 85.7 Å². The van der Waals surface area contributed by atoms with Crippen LogP contribution in [0.15, 0.2) is 42.5 Å². The number of hydrogen-bond donors (Lipinski definition) is 2. The first-order valence-corrected chi connectivity index (χ1v) is 18.4. The molecule has 2 N–H and O–H groups in total. The smallest absolute Gasteiger partial charge is 0.251 e. The molecule has 5 atom stereocenters. The molecule has 2 saturated carbocycles. The van der Waals surface area contributed by atoms with Gasteiger partial charge in [-0.15, -0.1) is 0 Å². The zero-order valence-electron chi connectivity index (χ0n) is 28.3. The van der Waals surface area contributed by atoms with E-state index in [1.54, 1.807) is 0 Å². The molecule has 4 fully saturated rings. The molecule has 0 spiro atoms. The molecule has 5 aliphatic rings. The molecule has 2 saturated heterocycles. The van der Waals surface area contributed by atoms with Gasteiger partial charge in [0.25, 0.3) is 5.91 Å². The Balaban J connectivity index is 0.817. The van der Waals surface area contributed by atoms with E-state index in [-0.39, 0.29) is 17.4 Å². The quantitative estimate of drug-likeness (QED) is 0.354. The van der Waals surface area contributed by atoms with E-state index in [1.807, 2.05) is 12.1 Å². The number of carbonyl (C=O) groups excluding carboxylic acids is 1. The Kier molecular flexibility index (Phi) is 9.63. The van der Waals surface area contributed by atoms with Gasteiger partial charge in [-0.05, 0) is 141 Å². The molecule has 0 aromatic heterocycles. The number of amides is 1. The van der Waals surface area contributed by atoms with Crippen LogP contribution in [0.4, 0.5) is 5.69 Å². The Hall–Kier alpha value is -2.61. The van der Waals surface area contributed by atoms with E-state index < -0.39 is 0 Å². The summed E-state index contributed by atoms with van der Waals surface area (Å²) in [6, 6.07) is 14.9. The first-order valence-electron chi connectivity index (χ1n) is 18.4. The third-order valence-electron chi connectivity index (χ3n) is 12.7. The minimum Gasteiger partial charge on any atom is -0.494 e. The molecule has 0 radical (unpaired) electrons. The Labute approximate surface area is 276 Å². The molecule has 2 aromatic carbocycles. The van der Waals surface area contributed by atoms with Crippen molar-refractivity contribution >= 4 is 11.6 Å². The largest absolute Gasteiger partial charge is 0.494 e. The van der Waals surface area contributed by atoms with E-state index in [0.717, 1.165) is 56.0 Å². The molecule has 2 aromatic rings. The van der Waals surface area contributed by atoms with Gasteiger partial charge in [-0.3, -0.25) is 4.79 Å². The van der Waals surface area contributed by atoms with Crippen molar-refractivity contribution < 1.29 is 14.6 Å². The zero-order chi connectivity index (χ0) is 31.7. The number of aliphatic hydroxyl groups excluding tert-OH is 1. The third kappa shape index (κ3) is 6.70. The van der Waals surface area contributed by atoms with E-state index in [2.05, 4.69) is 64.3 Å². The molecule has 7 heteroatoms. The van der Waals surface area contributed by atoms with Gasteiger partial charge in [-0.25, -0.2) is 0 Å². The number of piperidine rings is 1. The van der Waals surface area contributed by atoms with Gasteiger partial charge in [0.05, 0.1) is 12.7 Å². The minimum absolute atomic E-state index is 0.0147. The van der Waals surface area contributed by atoms with Crippen LogP contribution in [0.5, 0.6) is 5.75 Å². The van der Waals surface area contributed by atoms with Gasteiger partial charge in [0.2, 0.25) is 0 Å². The second-order valence-corrected chi connectivity index (χ2v) is 15.5. The summed E-state index contributed by atoms with van der Waals surface area (Å²) in [6.45, 7) is 11.8. The van der Waals surface area contributed by atoms with Crippen molar-refractivity contribution in [3.05, 3.63) is 59.2 Å². The number of rotatable bonds is 9. The second-order valence-electron chi connectivity index (χ2n) is 15.5. The van der Waals surface area contributed by atoms with E-state index >= 15 is 0 Å². The third-order valence-corrected chi connectivity index (χ3v) is 12.7. The fraction of sp³-hybridized carbons (Fsp3) is 0.667. The molecule has 3 aliphatic carbocycles. The molecule has 46 heavy (non-hydrogen) atoms. The normalized spacial score (nSPS) is 30.4. The van der Waals surface area contributed by atoms with Crippen molar-refractivity contribution in [3.8, 4) is 5.75 Å². The summed E-state index contributed by atoms with van der Waals surface area (Å²) in [7, 11) is 2.22. The number of hydrogen-bond acceptors (Lipinski definition) is 6. The molecule has 7 nitrogen and oxygen atoms in total. The van der Waals surface area contributed by atoms with E-state index in [9.17, 15) is 9.90 Å². The summed E-state index contributed by atoms with van der Waals surface area (Å²) in [6.07, 6.45) is 10.0. The standard InChI is InChI=1S/C39H56N4O3/c1-39-17-14-34-33-11-9-32(26-30(33)6-10-35(34)36(39)12-13-37(39)44)46-25-3-18-40-38(45)29-4-7-31(8-5-29)43-19-15-28(16-20-43)27-42-23-21-41(2)22-24-42/h4-5,7-9,11,26,28,34-37,44H,3,6,10,12-25,27H2,1-2H3,(H,40,45)/t34?,35?,36?,37?,39-/m0/s1. The fourth-order valence-electron chi connectivity index (χ4n) is 9.78. The Morgan fingerprint density at radius 2 is 1.74 bits per heavy atom. The molecule has 2 aliphatic heterocycles. The summed E-state index contributed by atoms with van der Waals surface area (Å²) >= 11 is 0. The maximum atomic E-state index is 12.8. The summed E-state index contributed by atoms with van der Waals surface area (Å²) in [4.78, 5) is 20.4. The van der Waals surface area contributed by atoms with Crippen LogP contribution in [0.2, 0.25) is 0 Å². The maximum Gasteiger partial charge on any atom is 0.251 e. The average Bonchev–Trinajstić information content (AvgIpc) is 3.39. The zero-order valence-corrected chi connectivity index (χ0v) is 28.3. The molecule has 1 amide bonds. The lowest BCUT2D eigenvalue weighted by molar-refractivity contribution is -0.0226. The summed E-state index contributed by atoms with van der Waals surface area (Å²) in [5.74, 6) is 3.74. The maximum absolute atomic E-state index is 12.8. The lowest BCUT2D eigenvalue weighted by Gasteiger charge is -2.50. The lowest BCUT2D eigenvalue weighted by atomic mass is 9.55. The summed E-state index contributed by atoms with van der Waals surface area (Å²) in [5, 5.41) is 13.8. The van der Waals surface area contributed by atoms with Gasteiger partial charge in [-0.2, -0.15) is 0 Å². The van der Waals surface area contributed by atoms with Crippen LogP contribution in [-0.4, -0.2) is 92.9 Å². The Bertz CT molecular complexity index is 1330. The highest BCUT2D eigenvalue weighted by molar-refractivity contribution is 5.94. The predicted molar refractivity (Wildman–Crippen MR) is 185 cm³/mol. The van der Waals surface area contributed by atoms with Crippen LogP contribution in [0.3, 0.4) is 0 Å². The number of nitrogens with one attached hydrogen (secondary N) is 1. The van der Waals surface area contributed by atoms with Crippen molar-refractivity contribution in [1.29, 1.82) is 0 Å². The fourth-order valence-corrected chi connectivity index (χ4v) is 9.78. The van der Waals surface area contributed by atoms with Crippen molar-refractivity contribution in [2.45, 2.75) is 76.7 Å². The van der Waals surface area contributed by atoms with E-state index in [0.29, 0.717) is 30.9 Å². The number of carbonyl (C=O) groups is 1. The number of nitrogens with zero attached hydrogens (tertiary/aromatic N) is 3. The SMILES string of the molecule is CN1CCN(CC2CCN(c3ccc(C(=O)NCCCOc4ccc5c(c4)CCC4C5CC[C@]5(C)C(O)CCC45)cc3)CC2)CC1. The predicted octanol–water partition coefficient (Wildman–Crippen LogP) is 5.57. The molecule has 0 bridgehead atoms. The van der Waals surface area contributed by atoms with Crippen LogP contribution in [0, 0.1) is 23.2 Å². The van der Waals surface area contributed by atoms with Gasteiger partial charge in [0.1, 0.15) is 5.75 Å². The molecule has 7 rings (SSSR count). The van der Waals surface area contributed by atoms with Gasteiger partial charge < -0.3 is 29.9 Å². The van der Waals surface area contributed by atoms with Crippen molar-refractivity contribution in [2.24, 2.45) is 23.2 Å². The highest BCUT2D eigenvalue weighted by Crippen LogP contribution is 2.60. The number of benzene rings is 2. The van der Waals surface area contributed by atoms with Crippen molar-refractivity contribution in [2.75, 3.05) is 70.9 Å². The van der Waals surface area contributed by atoms with Gasteiger partial charge in [-0.1, -0.05) is 13.0 Å². The van der Waals surface area contributed by atoms with Crippen molar-refractivity contribution in [1.82, 2.24) is 15.1 Å². The molecule has 250 valence electrons. The molecular weight excluding hydrogens is 572 g/mol. The Morgan fingerprint density at radius 1 is 0.957 bits per heavy atom. The number of piperazine rings is 1. The number of fused-ring (bicyclic) bond motifs is 5. The molecular formula is C39H56N4O3. The van der Waals surface area contributed by atoms with E-state index in [1.165, 1.54) is 81.6 Å². The van der Waals surface area contributed by atoms with Gasteiger partial charge in [0.15, 0.2) is 0 Å². The summed E-state index contributed by atoms with van der Waals surface area (Å²) in [5.41, 5.74) is 5.05. The number of aryl methyl sites for hydroxylation is 1. The van der Waals surface area contributed by atoms with Crippen LogP contribution in [0.25, 0.3) is 0 Å². The first-order chi connectivity index (χ1) is 22.4. The molecule has 2 heterocycles. The second kappa shape index (κ2) is 13.9. The van der Waals surface area contributed by atoms with Gasteiger partial charge in [0, 0.05) is 63.6 Å². The number of ether oxygens (including phenoxy) is 1. The van der Waals surface area contributed by atoms with Crippen molar-refractivity contribution in [3.63, 3.8) is 0 Å². The lowest BCUT2D eigenvalue weighted by Crippen LogP contribution is -2.47. The summed E-state index contributed by atoms with van der Waals surface area (Å²) < 4.78 is 6.14.